The lowest BCUT2D eigenvalue weighted by Gasteiger charge is -2.03. The van der Waals surface area contributed by atoms with E-state index in [2.05, 4.69) is 31.3 Å². The summed E-state index contributed by atoms with van der Waals surface area (Å²) < 4.78 is 6.13. The van der Waals surface area contributed by atoms with Crippen LogP contribution >= 0.6 is 15.9 Å². The number of hydrogen-bond donors (Lipinski definition) is 0. The summed E-state index contributed by atoms with van der Waals surface area (Å²) >= 11 is 3.26. The number of para-hydroxylation sites is 1. The molecule has 0 aliphatic heterocycles. The van der Waals surface area contributed by atoms with Crippen LogP contribution in [-0.4, -0.2) is 15.4 Å². The van der Waals surface area contributed by atoms with Crippen LogP contribution in [0.15, 0.2) is 41.0 Å². The smallest absolute Gasteiger partial charge is 0.256 e. The minimum absolute atomic E-state index is 0.409. The number of rotatable bonds is 2. The molecule has 0 aliphatic carbocycles. The number of hydrogen-bond acceptors (Lipinski definition) is 4. The Morgan fingerprint density at radius 2 is 1.93 bits per heavy atom. The number of ether oxygens (including phenoxy) is 1. The quantitative estimate of drug-likeness (QED) is 0.823. The van der Waals surface area contributed by atoms with Gasteiger partial charge in [0.2, 0.25) is 0 Å². The molecule has 1 aromatic heterocycles. The molecule has 70 valence electrons. The van der Waals surface area contributed by atoms with Gasteiger partial charge in [0.15, 0.2) is 0 Å². The molecule has 0 spiro atoms. The highest BCUT2D eigenvalue weighted by Crippen LogP contribution is 2.24. The van der Waals surface area contributed by atoms with E-state index in [1.807, 2.05) is 30.3 Å². The number of nitrogens with zero attached hydrogens (tertiary/aromatic N) is 3. The monoisotopic (exact) mass is 251 g/mol. The zero-order valence-electron chi connectivity index (χ0n) is 7.09. The molecular formula is C9H6BrN3O. The first kappa shape index (κ1) is 9.08. The van der Waals surface area contributed by atoms with E-state index in [0.717, 1.165) is 0 Å². The van der Waals surface area contributed by atoms with Gasteiger partial charge in [-0.3, -0.25) is 0 Å². The summed E-state index contributed by atoms with van der Waals surface area (Å²) in [4.78, 5) is 0. The van der Waals surface area contributed by atoms with Crippen LogP contribution in [0.5, 0.6) is 11.6 Å². The van der Waals surface area contributed by atoms with E-state index in [1.165, 1.54) is 6.20 Å². The van der Waals surface area contributed by atoms with E-state index in [9.17, 15) is 0 Å². The van der Waals surface area contributed by atoms with Crippen molar-refractivity contribution in [2.24, 2.45) is 0 Å². The van der Waals surface area contributed by atoms with Crippen LogP contribution < -0.4 is 4.74 Å². The SMILES string of the molecule is Brc1cnnnc1Oc1ccccc1. The Morgan fingerprint density at radius 3 is 2.64 bits per heavy atom. The van der Waals surface area contributed by atoms with Crippen LogP contribution in [0.3, 0.4) is 0 Å². The fourth-order valence-electron chi connectivity index (χ4n) is 0.915. The van der Waals surface area contributed by atoms with Crippen LogP contribution in [0.25, 0.3) is 0 Å². The zero-order chi connectivity index (χ0) is 9.80. The molecular weight excluding hydrogens is 246 g/mol. The molecule has 5 heteroatoms. The first-order valence-corrected chi connectivity index (χ1v) is 4.72. The standard InChI is InChI=1S/C9H6BrN3O/c10-8-6-11-13-12-9(8)14-7-4-2-1-3-5-7/h1-6H. The minimum Gasteiger partial charge on any atom is -0.437 e. The molecule has 0 atom stereocenters. The van der Waals surface area contributed by atoms with Gasteiger partial charge in [0.05, 0.1) is 6.20 Å². The highest BCUT2D eigenvalue weighted by molar-refractivity contribution is 9.10. The summed E-state index contributed by atoms with van der Waals surface area (Å²) in [6.07, 6.45) is 1.53. The predicted octanol–water partition coefficient (Wildman–Crippen LogP) is 2.43. The normalized spacial score (nSPS) is 9.79. The molecule has 0 fully saturated rings. The van der Waals surface area contributed by atoms with Gasteiger partial charge in [0.1, 0.15) is 10.2 Å². The van der Waals surface area contributed by atoms with E-state index in [0.29, 0.717) is 16.1 Å². The molecule has 0 bridgehead atoms. The van der Waals surface area contributed by atoms with Gasteiger partial charge in [-0.1, -0.05) is 23.3 Å². The van der Waals surface area contributed by atoms with Crippen molar-refractivity contribution in [1.29, 1.82) is 0 Å². The van der Waals surface area contributed by atoms with Crippen molar-refractivity contribution in [3.63, 3.8) is 0 Å². The van der Waals surface area contributed by atoms with Crippen molar-refractivity contribution in [2.75, 3.05) is 0 Å². The average molecular weight is 252 g/mol. The molecule has 4 nitrogen and oxygen atoms in total. The van der Waals surface area contributed by atoms with Crippen LogP contribution in [0, 0.1) is 0 Å². The fourth-order valence-corrected chi connectivity index (χ4v) is 1.17. The predicted molar refractivity (Wildman–Crippen MR) is 54.0 cm³/mol. The lowest BCUT2D eigenvalue weighted by Crippen LogP contribution is -1.93. The Balaban J connectivity index is 2.24. The Hall–Kier alpha value is -1.49. The third-order valence-corrected chi connectivity index (χ3v) is 2.06. The van der Waals surface area contributed by atoms with Gasteiger partial charge in [-0.15, -0.1) is 5.10 Å². The summed E-state index contributed by atoms with van der Waals surface area (Å²) in [7, 11) is 0. The van der Waals surface area contributed by atoms with Crippen LogP contribution in [0.2, 0.25) is 0 Å². The van der Waals surface area contributed by atoms with Gasteiger partial charge in [0.25, 0.3) is 5.88 Å². The maximum absolute atomic E-state index is 5.45. The number of halogens is 1. The van der Waals surface area contributed by atoms with Crippen molar-refractivity contribution < 1.29 is 4.74 Å². The van der Waals surface area contributed by atoms with Crippen LogP contribution in [0.1, 0.15) is 0 Å². The highest BCUT2D eigenvalue weighted by atomic mass is 79.9. The first-order chi connectivity index (χ1) is 6.86. The molecule has 0 radical (unpaired) electrons. The van der Waals surface area contributed by atoms with E-state index in [4.69, 9.17) is 4.74 Å². The minimum atomic E-state index is 0.409. The molecule has 14 heavy (non-hydrogen) atoms. The van der Waals surface area contributed by atoms with Gasteiger partial charge >= 0.3 is 0 Å². The molecule has 0 N–H and O–H groups in total. The summed E-state index contributed by atoms with van der Waals surface area (Å²) in [6, 6.07) is 9.37. The lowest BCUT2D eigenvalue weighted by atomic mass is 10.3. The lowest BCUT2D eigenvalue weighted by molar-refractivity contribution is 0.446. The van der Waals surface area contributed by atoms with Gasteiger partial charge in [-0.2, -0.15) is 0 Å². The van der Waals surface area contributed by atoms with Crippen molar-refractivity contribution in [2.45, 2.75) is 0 Å². The maximum Gasteiger partial charge on any atom is 0.256 e. The Labute approximate surface area is 89.1 Å². The Bertz CT molecular complexity index is 421. The third kappa shape index (κ3) is 2.05. The summed E-state index contributed by atoms with van der Waals surface area (Å²) in [6.45, 7) is 0. The summed E-state index contributed by atoms with van der Waals surface area (Å²) in [5.74, 6) is 1.12. The summed E-state index contributed by atoms with van der Waals surface area (Å²) in [5.41, 5.74) is 0. The molecule has 1 aromatic carbocycles. The fraction of sp³-hybridized carbons (Fsp3) is 0. The maximum atomic E-state index is 5.45. The second-order valence-electron chi connectivity index (χ2n) is 2.50. The second kappa shape index (κ2) is 4.15. The Kier molecular flexibility index (Phi) is 2.69. The number of aromatic nitrogens is 3. The van der Waals surface area contributed by atoms with Crippen molar-refractivity contribution in [3.8, 4) is 11.6 Å². The molecule has 1 heterocycles. The van der Waals surface area contributed by atoms with Gasteiger partial charge in [-0.05, 0) is 33.3 Å². The molecule has 0 unspecified atom stereocenters. The van der Waals surface area contributed by atoms with Crippen molar-refractivity contribution in [3.05, 3.63) is 41.0 Å². The summed E-state index contributed by atoms with van der Waals surface area (Å²) in [5, 5.41) is 10.8. The third-order valence-electron chi connectivity index (χ3n) is 1.52. The first-order valence-electron chi connectivity index (χ1n) is 3.93. The highest BCUT2D eigenvalue weighted by Gasteiger charge is 2.03. The molecule has 2 rings (SSSR count). The van der Waals surface area contributed by atoms with Crippen molar-refractivity contribution in [1.82, 2.24) is 15.4 Å². The van der Waals surface area contributed by atoms with Crippen LogP contribution in [-0.2, 0) is 0 Å². The second-order valence-corrected chi connectivity index (χ2v) is 3.36. The van der Waals surface area contributed by atoms with Gasteiger partial charge < -0.3 is 4.74 Å². The molecule has 2 aromatic rings. The van der Waals surface area contributed by atoms with E-state index < -0.39 is 0 Å². The largest absolute Gasteiger partial charge is 0.437 e. The van der Waals surface area contributed by atoms with E-state index in [1.54, 1.807) is 0 Å². The van der Waals surface area contributed by atoms with E-state index >= 15 is 0 Å². The molecule has 0 aliphatic rings. The Morgan fingerprint density at radius 1 is 1.14 bits per heavy atom. The van der Waals surface area contributed by atoms with Gasteiger partial charge in [0, 0.05) is 0 Å². The molecule has 0 saturated heterocycles. The molecule has 0 amide bonds. The zero-order valence-corrected chi connectivity index (χ0v) is 8.68. The van der Waals surface area contributed by atoms with Crippen molar-refractivity contribution >= 4 is 15.9 Å². The van der Waals surface area contributed by atoms with E-state index in [-0.39, 0.29) is 0 Å². The topological polar surface area (TPSA) is 47.9 Å². The molecule has 0 saturated carbocycles. The van der Waals surface area contributed by atoms with Crippen LogP contribution in [0.4, 0.5) is 0 Å². The number of benzene rings is 1. The van der Waals surface area contributed by atoms with Gasteiger partial charge in [-0.25, -0.2) is 0 Å². The average Bonchev–Trinajstić information content (AvgIpc) is 2.23.